The molecule has 0 fully saturated rings. The Labute approximate surface area is 175 Å². The van der Waals surface area contributed by atoms with Crippen molar-refractivity contribution in [2.75, 3.05) is 10.0 Å². The third-order valence-corrected chi connectivity index (χ3v) is 5.34. The summed E-state index contributed by atoms with van der Waals surface area (Å²) in [4.78, 5) is 22.2. The number of carbonyl (C=O) groups excluding carboxylic acids is 1. The Morgan fingerprint density at radius 3 is 2.47 bits per heavy atom. The maximum absolute atomic E-state index is 12.4. The number of aryl methyl sites for hydroxylation is 1. The van der Waals surface area contributed by atoms with Crippen LogP contribution in [0.3, 0.4) is 0 Å². The minimum absolute atomic E-state index is 0.000431. The highest BCUT2D eigenvalue weighted by Crippen LogP contribution is 2.18. The predicted molar refractivity (Wildman–Crippen MR) is 107 cm³/mol. The van der Waals surface area contributed by atoms with Crippen molar-refractivity contribution in [2.45, 2.75) is 18.4 Å². The molecule has 0 bridgehead atoms. The second-order valence-electron chi connectivity index (χ2n) is 5.98. The average molecular weight is 452 g/mol. The van der Waals surface area contributed by atoms with Gasteiger partial charge in [0.25, 0.3) is 10.0 Å². The molecule has 156 valence electrons. The molecule has 2 aromatic heterocycles. The molecule has 12 nitrogen and oxygen atoms in total. The molecule has 0 radical (unpaired) electrons. The third kappa shape index (κ3) is 5.07. The lowest BCUT2D eigenvalue weighted by atomic mass is 10.3. The van der Waals surface area contributed by atoms with Gasteiger partial charge in [-0.15, -0.1) is 10.2 Å². The molecule has 0 saturated carbocycles. The summed E-state index contributed by atoms with van der Waals surface area (Å²) in [5, 5.41) is 24.4. The maximum Gasteiger partial charge on any atom is 0.390 e. The smallest absolute Gasteiger partial charge is 0.358 e. The molecule has 2 heterocycles. The number of nitrogens with zero attached hydrogens (tertiary/aromatic N) is 5. The number of amides is 1. The molecule has 0 aliphatic heterocycles. The van der Waals surface area contributed by atoms with Crippen LogP contribution >= 0.6 is 11.6 Å². The standard InChI is InChI=1S/C16H14ClN7O5S/c1-10-8-15(24(26)27)21-23(10)9-16(25)18-11-2-4-12(5-3-11)30(28,29)22-14-7-6-13(17)19-20-14/h2-8H,9H2,1H3,(H,18,25)(H,20,22). The maximum atomic E-state index is 12.4. The van der Waals surface area contributed by atoms with E-state index in [1.807, 2.05) is 0 Å². The monoisotopic (exact) mass is 451 g/mol. The molecule has 2 N–H and O–H groups in total. The van der Waals surface area contributed by atoms with Crippen LogP contribution in [-0.4, -0.2) is 39.2 Å². The van der Waals surface area contributed by atoms with Crippen LogP contribution in [-0.2, 0) is 21.4 Å². The van der Waals surface area contributed by atoms with Gasteiger partial charge in [-0.2, -0.15) is 4.68 Å². The molecule has 3 aromatic rings. The lowest BCUT2D eigenvalue weighted by molar-refractivity contribution is -0.389. The first-order valence-corrected chi connectivity index (χ1v) is 10.1. The predicted octanol–water partition coefficient (Wildman–Crippen LogP) is 1.98. The first-order valence-electron chi connectivity index (χ1n) is 8.25. The van der Waals surface area contributed by atoms with Gasteiger partial charge in [0.05, 0.1) is 21.8 Å². The van der Waals surface area contributed by atoms with E-state index in [0.29, 0.717) is 11.4 Å². The molecular weight excluding hydrogens is 438 g/mol. The summed E-state index contributed by atoms with van der Waals surface area (Å²) in [6, 6.07) is 9.41. The molecule has 0 saturated heterocycles. The number of hydrogen-bond acceptors (Lipinski definition) is 8. The van der Waals surface area contributed by atoms with Gasteiger partial charge in [0.15, 0.2) is 11.0 Å². The number of sulfonamides is 1. The number of rotatable bonds is 7. The topological polar surface area (TPSA) is 162 Å². The fourth-order valence-corrected chi connectivity index (χ4v) is 3.46. The molecule has 0 unspecified atom stereocenters. The molecule has 14 heteroatoms. The zero-order valence-corrected chi connectivity index (χ0v) is 16.9. The number of carbonyl (C=O) groups is 1. The number of anilines is 2. The quantitative estimate of drug-likeness (QED) is 0.407. The van der Waals surface area contributed by atoms with Gasteiger partial charge >= 0.3 is 5.82 Å². The van der Waals surface area contributed by atoms with Crippen molar-refractivity contribution in [2.24, 2.45) is 0 Å². The molecular formula is C16H14ClN7O5S. The van der Waals surface area contributed by atoms with Crippen LogP contribution < -0.4 is 10.0 Å². The molecule has 0 atom stereocenters. The van der Waals surface area contributed by atoms with Crippen molar-refractivity contribution in [3.63, 3.8) is 0 Å². The van der Waals surface area contributed by atoms with Crippen molar-refractivity contribution in [1.82, 2.24) is 20.0 Å². The number of benzene rings is 1. The van der Waals surface area contributed by atoms with Crippen molar-refractivity contribution in [1.29, 1.82) is 0 Å². The number of aromatic nitrogens is 4. The van der Waals surface area contributed by atoms with Crippen LogP contribution in [0.1, 0.15) is 5.69 Å². The zero-order valence-electron chi connectivity index (χ0n) is 15.3. The Morgan fingerprint density at radius 2 is 1.90 bits per heavy atom. The first-order chi connectivity index (χ1) is 14.1. The van der Waals surface area contributed by atoms with E-state index in [2.05, 4.69) is 25.3 Å². The Kier molecular flexibility index (Phi) is 5.94. The molecule has 3 rings (SSSR count). The summed E-state index contributed by atoms with van der Waals surface area (Å²) in [7, 11) is -3.92. The Balaban J connectivity index is 1.65. The molecule has 30 heavy (non-hydrogen) atoms. The number of nitrogens with one attached hydrogen (secondary N) is 2. The van der Waals surface area contributed by atoms with E-state index in [0.717, 1.165) is 0 Å². The second kappa shape index (κ2) is 8.42. The van der Waals surface area contributed by atoms with Crippen LogP contribution in [0.5, 0.6) is 0 Å². The summed E-state index contributed by atoms with van der Waals surface area (Å²) in [5.41, 5.74) is 0.791. The van der Waals surface area contributed by atoms with Crippen LogP contribution in [0.25, 0.3) is 0 Å². The summed E-state index contributed by atoms with van der Waals surface area (Å²) in [6.07, 6.45) is 0. The Hall–Kier alpha value is -3.58. The van der Waals surface area contributed by atoms with Gasteiger partial charge in [0, 0.05) is 5.69 Å². The highest BCUT2D eigenvalue weighted by molar-refractivity contribution is 7.92. The van der Waals surface area contributed by atoms with E-state index in [4.69, 9.17) is 11.6 Å². The van der Waals surface area contributed by atoms with E-state index in [-0.39, 0.29) is 28.2 Å². The Bertz CT molecular complexity index is 1190. The normalized spacial score (nSPS) is 11.1. The van der Waals surface area contributed by atoms with Crippen molar-refractivity contribution in [3.05, 3.63) is 63.4 Å². The van der Waals surface area contributed by atoms with Gasteiger partial charge in [0.2, 0.25) is 5.91 Å². The summed E-state index contributed by atoms with van der Waals surface area (Å²) in [6.45, 7) is 1.35. The summed E-state index contributed by atoms with van der Waals surface area (Å²) >= 11 is 5.61. The number of nitro groups is 1. The minimum atomic E-state index is -3.92. The SMILES string of the molecule is Cc1cc([N+](=O)[O-])nn1CC(=O)Nc1ccc(S(=O)(=O)Nc2ccc(Cl)nn2)cc1. The van der Waals surface area contributed by atoms with E-state index >= 15 is 0 Å². The summed E-state index contributed by atoms with van der Waals surface area (Å²) < 4.78 is 28.2. The molecule has 1 aromatic carbocycles. The van der Waals surface area contributed by atoms with Crippen LogP contribution in [0.15, 0.2) is 47.4 Å². The van der Waals surface area contributed by atoms with Gasteiger partial charge in [0.1, 0.15) is 6.54 Å². The van der Waals surface area contributed by atoms with Gasteiger partial charge in [-0.05, 0) is 48.2 Å². The number of halogens is 1. The molecule has 1 amide bonds. The average Bonchev–Trinajstić information content (AvgIpc) is 3.04. The van der Waals surface area contributed by atoms with Crippen molar-refractivity contribution in [3.8, 4) is 0 Å². The summed E-state index contributed by atoms with van der Waals surface area (Å²) in [5.74, 6) is -0.838. The fraction of sp³-hybridized carbons (Fsp3) is 0.125. The van der Waals surface area contributed by atoms with Gasteiger partial charge in [-0.3, -0.25) is 9.52 Å². The number of hydrogen-bond donors (Lipinski definition) is 2. The zero-order chi connectivity index (χ0) is 21.9. The Morgan fingerprint density at radius 1 is 1.20 bits per heavy atom. The van der Waals surface area contributed by atoms with E-state index in [9.17, 15) is 23.3 Å². The van der Waals surface area contributed by atoms with Crippen molar-refractivity contribution >= 4 is 44.9 Å². The molecule has 0 spiro atoms. The van der Waals surface area contributed by atoms with E-state index in [1.54, 1.807) is 6.92 Å². The highest BCUT2D eigenvalue weighted by Gasteiger charge is 2.18. The van der Waals surface area contributed by atoms with Crippen molar-refractivity contribution < 1.29 is 18.1 Å². The fourth-order valence-electron chi connectivity index (χ4n) is 2.36. The van der Waals surface area contributed by atoms with E-state index in [1.165, 1.54) is 47.1 Å². The van der Waals surface area contributed by atoms with Crippen LogP contribution in [0, 0.1) is 17.0 Å². The lowest BCUT2D eigenvalue weighted by Gasteiger charge is -2.08. The van der Waals surface area contributed by atoms with Gasteiger partial charge < -0.3 is 15.4 Å². The second-order valence-corrected chi connectivity index (χ2v) is 8.05. The first kappa shape index (κ1) is 21.1. The van der Waals surface area contributed by atoms with Crippen LogP contribution in [0.2, 0.25) is 5.15 Å². The van der Waals surface area contributed by atoms with Gasteiger partial charge in [-0.1, -0.05) is 11.6 Å². The largest absolute Gasteiger partial charge is 0.390 e. The van der Waals surface area contributed by atoms with E-state index < -0.39 is 20.9 Å². The third-order valence-electron chi connectivity index (χ3n) is 3.77. The molecule has 0 aliphatic carbocycles. The lowest BCUT2D eigenvalue weighted by Crippen LogP contribution is -2.20. The molecule has 0 aliphatic rings. The van der Waals surface area contributed by atoms with Gasteiger partial charge in [-0.25, -0.2) is 8.42 Å². The van der Waals surface area contributed by atoms with Crippen LogP contribution in [0.4, 0.5) is 17.3 Å². The highest BCUT2D eigenvalue weighted by atomic mass is 35.5. The minimum Gasteiger partial charge on any atom is -0.358 e.